The predicted molar refractivity (Wildman–Crippen MR) is 144 cm³/mol. The van der Waals surface area contributed by atoms with Gasteiger partial charge in [0.2, 0.25) is 0 Å². The van der Waals surface area contributed by atoms with Crippen LogP contribution < -0.4 is 10.6 Å². The molecule has 2 aromatic carbocycles. The Hall–Kier alpha value is -3.42. The number of hydrogen-bond donors (Lipinski definition) is 4. The molecule has 204 valence electrons. The van der Waals surface area contributed by atoms with Crippen LogP contribution in [0.1, 0.15) is 88.8 Å². The van der Waals surface area contributed by atoms with Crippen molar-refractivity contribution in [3.63, 3.8) is 0 Å². The number of phenols is 2. The van der Waals surface area contributed by atoms with Gasteiger partial charge in [-0.1, -0.05) is 41.5 Å². The second-order valence-corrected chi connectivity index (χ2v) is 11.1. The van der Waals surface area contributed by atoms with E-state index in [1.54, 1.807) is 13.8 Å². The number of phenolic OH excluding ortho intramolecular Hbond substituents is 2. The summed E-state index contributed by atoms with van der Waals surface area (Å²) in [6, 6.07) is 7.42. The molecular weight excluding hydrogens is 472 g/mol. The number of rotatable bonds is 8. The molecule has 4 N–H and O–H groups in total. The van der Waals surface area contributed by atoms with Gasteiger partial charge in [0.15, 0.2) is 0 Å². The average Bonchev–Trinajstić information content (AvgIpc) is 2.78. The monoisotopic (exact) mass is 514 g/mol. The summed E-state index contributed by atoms with van der Waals surface area (Å²) in [5.41, 5.74) is 3.62. The number of alkyl carbamates (subject to hydrolysis) is 2. The minimum Gasteiger partial charge on any atom is -0.507 e. The maximum Gasteiger partial charge on any atom is 0.407 e. The van der Waals surface area contributed by atoms with Crippen molar-refractivity contribution >= 4 is 12.2 Å². The molecule has 0 heterocycles. The highest BCUT2D eigenvalue weighted by Gasteiger charge is 2.25. The second-order valence-electron chi connectivity index (χ2n) is 11.1. The van der Waals surface area contributed by atoms with Gasteiger partial charge in [-0.3, -0.25) is 0 Å². The number of amides is 2. The second kappa shape index (κ2) is 12.2. The quantitative estimate of drug-likeness (QED) is 0.355. The molecule has 8 nitrogen and oxygen atoms in total. The Morgan fingerprint density at radius 3 is 1.35 bits per heavy atom. The number of ether oxygens (including phenoxy) is 2. The van der Waals surface area contributed by atoms with Crippen molar-refractivity contribution < 1.29 is 29.3 Å². The van der Waals surface area contributed by atoms with E-state index in [0.29, 0.717) is 11.1 Å². The highest BCUT2D eigenvalue weighted by Crippen LogP contribution is 2.39. The molecule has 2 amide bonds. The van der Waals surface area contributed by atoms with Gasteiger partial charge in [0, 0.05) is 19.5 Å². The maximum absolute atomic E-state index is 11.9. The number of benzene rings is 2. The predicted octanol–water partition coefficient (Wildman–Crippen LogP) is 5.78. The van der Waals surface area contributed by atoms with E-state index in [2.05, 4.69) is 10.6 Å². The number of carbonyl (C=O) groups is 2. The third-order valence-electron chi connectivity index (χ3n) is 5.92. The Balaban J connectivity index is 2.53. The van der Waals surface area contributed by atoms with Crippen LogP contribution in [-0.2, 0) is 39.8 Å². The molecule has 0 aliphatic carbocycles. The summed E-state index contributed by atoms with van der Waals surface area (Å²) in [7, 11) is 0. The Morgan fingerprint density at radius 1 is 0.703 bits per heavy atom. The molecule has 0 fully saturated rings. The molecule has 0 aliphatic rings. The van der Waals surface area contributed by atoms with Crippen LogP contribution in [0.5, 0.6) is 11.5 Å². The molecule has 0 radical (unpaired) electrons. The summed E-state index contributed by atoms with van der Waals surface area (Å²) in [6.45, 7) is 16.5. The lowest BCUT2D eigenvalue weighted by molar-refractivity contribution is 0.150. The van der Waals surface area contributed by atoms with Crippen molar-refractivity contribution in [1.29, 1.82) is 0 Å². The van der Waals surface area contributed by atoms with Gasteiger partial charge in [0.25, 0.3) is 0 Å². The fraction of sp³-hybridized carbons (Fsp3) is 0.517. The van der Waals surface area contributed by atoms with Gasteiger partial charge in [-0.05, 0) is 82.3 Å². The summed E-state index contributed by atoms with van der Waals surface area (Å²) in [4.78, 5) is 23.7. The van der Waals surface area contributed by atoms with Gasteiger partial charge in [0.05, 0.1) is 13.2 Å². The first-order valence-corrected chi connectivity index (χ1v) is 12.7. The fourth-order valence-corrected chi connectivity index (χ4v) is 4.06. The Bertz CT molecular complexity index is 1030. The van der Waals surface area contributed by atoms with Crippen LogP contribution in [0.15, 0.2) is 24.3 Å². The molecule has 2 aromatic rings. The lowest BCUT2D eigenvalue weighted by atomic mass is 9.81. The Morgan fingerprint density at radius 2 is 1.05 bits per heavy atom. The van der Waals surface area contributed by atoms with Crippen molar-refractivity contribution in [3.8, 4) is 11.5 Å². The molecular formula is C29H42N2O6. The number of aromatic hydroxyl groups is 2. The molecule has 2 rings (SSSR count). The first-order chi connectivity index (χ1) is 17.2. The summed E-state index contributed by atoms with van der Waals surface area (Å²) in [5.74, 6) is 0.304. The molecule has 0 spiro atoms. The summed E-state index contributed by atoms with van der Waals surface area (Å²) < 4.78 is 9.94. The SMILES string of the molecule is CCOC(=O)NCc1cc(Cc2cc(CNC(=O)OCC)cc(C(C)(C)C)c2O)c(O)c(C(C)(C)C)c1. The van der Waals surface area contributed by atoms with E-state index >= 15 is 0 Å². The molecule has 37 heavy (non-hydrogen) atoms. The minimum absolute atomic E-state index is 0.152. The fourth-order valence-electron chi connectivity index (χ4n) is 4.06. The van der Waals surface area contributed by atoms with Crippen molar-refractivity contribution in [3.05, 3.63) is 57.6 Å². The van der Waals surface area contributed by atoms with Crippen LogP contribution >= 0.6 is 0 Å². The zero-order valence-electron chi connectivity index (χ0n) is 23.4. The third-order valence-corrected chi connectivity index (χ3v) is 5.92. The van der Waals surface area contributed by atoms with Gasteiger partial charge in [-0.2, -0.15) is 0 Å². The minimum atomic E-state index is -0.510. The molecule has 0 aromatic heterocycles. The van der Waals surface area contributed by atoms with Crippen LogP contribution in [0.25, 0.3) is 0 Å². The first kappa shape index (κ1) is 29.8. The van der Waals surface area contributed by atoms with Crippen LogP contribution in [-0.4, -0.2) is 35.6 Å². The van der Waals surface area contributed by atoms with E-state index in [4.69, 9.17) is 9.47 Å². The van der Waals surface area contributed by atoms with Crippen molar-refractivity contribution in [2.45, 2.75) is 85.7 Å². The highest BCUT2D eigenvalue weighted by atomic mass is 16.6. The number of carbonyl (C=O) groups excluding carboxylic acids is 2. The van der Waals surface area contributed by atoms with Gasteiger partial charge in [-0.15, -0.1) is 0 Å². The van der Waals surface area contributed by atoms with E-state index in [9.17, 15) is 19.8 Å². The topological polar surface area (TPSA) is 117 Å². The van der Waals surface area contributed by atoms with Crippen LogP contribution in [0, 0.1) is 0 Å². The van der Waals surface area contributed by atoms with E-state index in [0.717, 1.165) is 22.3 Å². The largest absolute Gasteiger partial charge is 0.507 e. The maximum atomic E-state index is 11.9. The highest BCUT2D eigenvalue weighted by molar-refractivity contribution is 5.67. The van der Waals surface area contributed by atoms with Crippen molar-refractivity contribution in [2.24, 2.45) is 0 Å². The molecule has 0 saturated heterocycles. The Kier molecular flexibility index (Phi) is 9.84. The van der Waals surface area contributed by atoms with E-state index in [1.807, 2.05) is 65.8 Å². The van der Waals surface area contributed by atoms with Gasteiger partial charge >= 0.3 is 12.2 Å². The van der Waals surface area contributed by atoms with Gasteiger partial charge < -0.3 is 30.3 Å². The van der Waals surface area contributed by atoms with Crippen LogP contribution in [0.2, 0.25) is 0 Å². The zero-order chi connectivity index (χ0) is 28.0. The summed E-state index contributed by atoms with van der Waals surface area (Å²) >= 11 is 0. The van der Waals surface area contributed by atoms with E-state index in [-0.39, 0.29) is 55.1 Å². The lowest BCUT2D eigenvalue weighted by Gasteiger charge is -2.25. The molecule has 0 bridgehead atoms. The van der Waals surface area contributed by atoms with Crippen LogP contribution in [0.4, 0.5) is 9.59 Å². The van der Waals surface area contributed by atoms with E-state index < -0.39 is 12.2 Å². The zero-order valence-corrected chi connectivity index (χ0v) is 23.4. The summed E-state index contributed by atoms with van der Waals surface area (Å²) in [5, 5.41) is 27.9. The molecule has 0 saturated carbocycles. The summed E-state index contributed by atoms with van der Waals surface area (Å²) in [6.07, 6.45) is -0.767. The number of nitrogens with one attached hydrogen (secondary N) is 2. The normalized spacial score (nSPS) is 11.7. The standard InChI is InChI=1S/C29H42N2O6/c1-9-36-26(34)30-16-18-11-20(24(32)22(13-18)28(3,4)5)15-21-12-19(17-31-27(35)37-10-2)14-23(25(21)33)29(6,7)8/h11-14,32-33H,9-10,15-17H2,1-8H3,(H,30,34)(H,31,35). The third kappa shape index (κ3) is 8.30. The molecule has 0 aliphatic heterocycles. The molecule has 8 heteroatoms. The van der Waals surface area contributed by atoms with Crippen molar-refractivity contribution in [2.75, 3.05) is 13.2 Å². The van der Waals surface area contributed by atoms with Gasteiger partial charge in [-0.25, -0.2) is 9.59 Å². The molecule has 0 atom stereocenters. The average molecular weight is 515 g/mol. The molecule has 0 unspecified atom stereocenters. The first-order valence-electron chi connectivity index (χ1n) is 12.7. The van der Waals surface area contributed by atoms with E-state index in [1.165, 1.54) is 0 Å². The smallest absolute Gasteiger partial charge is 0.407 e. The van der Waals surface area contributed by atoms with Crippen molar-refractivity contribution in [1.82, 2.24) is 10.6 Å². The Labute approximate surface area is 220 Å². The van der Waals surface area contributed by atoms with Crippen LogP contribution in [0.3, 0.4) is 0 Å². The lowest BCUT2D eigenvalue weighted by Crippen LogP contribution is -2.24. The number of hydrogen-bond acceptors (Lipinski definition) is 6. The van der Waals surface area contributed by atoms with Gasteiger partial charge in [0.1, 0.15) is 11.5 Å².